The fraction of sp³-hybridized carbons (Fsp3) is 0.250. The monoisotopic (exact) mass is 248 g/mol. The van der Waals surface area contributed by atoms with E-state index in [1.165, 1.54) is 6.39 Å². The highest BCUT2D eigenvalue weighted by Gasteiger charge is 2.11. The average molecular weight is 248 g/mol. The van der Waals surface area contributed by atoms with Gasteiger partial charge in [0.2, 0.25) is 12.2 Å². The first-order valence-corrected chi connectivity index (χ1v) is 5.30. The van der Waals surface area contributed by atoms with Crippen molar-refractivity contribution in [3.05, 3.63) is 41.0 Å². The number of benzene rings is 1. The average Bonchev–Trinajstić information content (AvgIpc) is 2.80. The van der Waals surface area contributed by atoms with Crippen LogP contribution in [0.4, 0.5) is 0 Å². The molecule has 2 aromatic rings. The number of carbonyl (C=O) groups is 1. The van der Waals surface area contributed by atoms with Crippen LogP contribution in [-0.2, 0) is 6.61 Å². The van der Waals surface area contributed by atoms with Crippen LogP contribution in [0.15, 0.2) is 23.0 Å². The Morgan fingerprint density at radius 3 is 2.56 bits per heavy atom. The van der Waals surface area contributed by atoms with Crippen LogP contribution in [0.1, 0.15) is 27.3 Å². The van der Waals surface area contributed by atoms with Crippen molar-refractivity contribution in [1.29, 1.82) is 0 Å². The maximum Gasteiger partial charge on any atom is 0.335 e. The lowest BCUT2D eigenvalue weighted by Crippen LogP contribution is -2.03. The molecule has 0 aliphatic carbocycles. The van der Waals surface area contributed by atoms with Crippen molar-refractivity contribution in [3.8, 4) is 5.75 Å². The highest BCUT2D eigenvalue weighted by atomic mass is 16.5. The lowest BCUT2D eigenvalue weighted by atomic mass is 10.1. The summed E-state index contributed by atoms with van der Waals surface area (Å²) in [7, 11) is 0. The molecule has 1 aromatic carbocycles. The molecule has 0 bridgehead atoms. The first kappa shape index (κ1) is 12.1. The summed E-state index contributed by atoms with van der Waals surface area (Å²) in [6.07, 6.45) is 1.23. The van der Waals surface area contributed by atoms with Crippen LogP contribution in [0.2, 0.25) is 0 Å². The van der Waals surface area contributed by atoms with Crippen LogP contribution < -0.4 is 4.74 Å². The first-order valence-electron chi connectivity index (χ1n) is 5.30. The Bertz CT molecular complexity index is 540. The molecule has 6 heteroatoms. The van der Waals surface area contributed by atoms with E-state index in [-0.39, 0.29) is 12.2 Å². The quantitative estimate of drug-likeness (QED) is 0.890. The summed E-state index contributed by atoms with van der Waals surface area (Å²) < 4.78 is 10.2. The number of ether oxygens (including phenoxy) is 1. The fourth-order valence-corrected chi connectivity index (χ4v) is 1.69. The van der Waals surface area contributed by atoms with Crippen molar-refractivity contribution in [3.63, 3.8) is 0 Å². The highest BCUT2D eigenvalue weighted by molar-refractivity contribution is 5.88. The maximum atomic E-state index is 10.9. The minimum Gasteiger partial charge on any atom is -0.485 e. The number of aromatic carboxylic acids is 1. The van der Waals surface area contributed by atoms with E-state index in [1.54, 1.807) is 26.0 Å². The Kier molecular flexibility index (Phi) is 3.27. The van der Waals surface area contributed by atoms with E-state index >= 15 is 0 Å². The van der Waals surface area contributed by atoms with Gasteiger partial charge in [0, 0.05) is 0 Å². The number of rotatable bonds is 4. The SMILES string of the molecule is Cc1cc(C(=O)O)cc(C)c1OCc1ncon1. The lowest BCUT2D eigenvalue weighted by molar-refractivity contribution is 0.0696. The van der Waals surface area contributed by atoms with Crippen molar-refractivity contribution in [2.45, 2.75) is 20.5 Å². The molecule has 1 heterocycles. The van der Waals surface area contributed by atoms with Crippen molar-refractivity contribution in [2.75, 3.05) is 0 Å². The molecule has 0 saturated heterocycles. The van der Waals surface area contributed by atoms with Gasteiger partial charge in [0.25, 0.3) is 0 Å². The molecule has 0 fully saturated rings. The van der Waals surface area contributed by atoms with Crippen LogP contribution in [0.3, 0.4) is 0 Å². The van der Waals surface area contributed by atoms with Crippen LogP contribution in [0.25, 0.3) is 0 Å². The number of nitrogens with zero attached hydrogens (tertiary/aromatic N) is 2. The van der Waals surface area contributed by atoms with E-state index < -0.39 is 5.97 Å². The molecule has 0 spiro atoms. The second-order valence-corrected chi connectivity index (χ2v) is 3.88. The molecule has 1 aromatic heterocycles. The molecular formula is C12H12N2O4. The first-order chi connectivity index (χ1) is 8.58. The number of hydrogen-bond acceptors (Lipinski definition) is 5. The van der Waals surface area contributed by atoms with E-state index in [9.17, 15) is 4.79 Å². The maximum absolute atomic E-state index is 10.9. The summed E-state index contributed by atoms with van der Waals surface area (Å²) in [4.78, 5) is 14.7. The number of carboxylic acids is 1. The Morgan fingerprint density at radius 1 is 1.39 bits per heavy atom. The van der Waals surface area contributed by atoms with Crippen molar-refractivity contribution in [2.24, 2.45) is 0 Å². The van der Waals surface area contributed by atoms with Gasteiger partial charge in [0.15, 0.2) is 6.61 Å². The van der Waals surface area contributed by atoms with E-state index in [0.717, 1.165) is 11.1 Å². The molecule has 0 unspecified atom stereocenters. The highest BCUT2D eigenvalue weighted by Crippen LogP contribution is 2.25. The van der Waals surface area contributed by atoms with Crippen LogP contribution >= 0.6 is 0 Å². The zero-order valence-corrected chi connectivity index (χ0v) is 10.0. The van der Waals surface area contributed by atoms with Crippen molar-refractivity contribution >= 4 is 5.97 Å². The summed E-state index contributed by atoms with van der Waals surface area (Å²) in [5.74, 6) is 0.131. The number of carboxylic acid groups (broad SMARTS) is 1. The van der Waals surface area contributed by atoms with Crippen molar-refractivity contribution in [1.82, 2.24) is 10.1 Å². The van der Waals surface area contributed by atoms with Gasteiger partial charge >= 0.3 is 5.97 Å². The molecule has 18 heavy (non-hydrogen) atoms. The van der Waals surface area contributed by atoms with Crippen LogP contribution in [-0.4, -0.2) is 21.2 Å². The Morgan fingerprint density at radius 2 is 2.06 bits per heavy atom. The van der Waals surface area contributed by atoms with E-state index in [2.05, 4.69) is 14.7 Å². The van der Waals surface area contributed by atoms with Gasteiger partial charge in [-0.05, 0) is 37.1 Å². The molecule has 0 radical (unpaired) electrons. The lowest BCUT2D eigenvalue weighted by Gasteiger charge is -2.11. The second-order valence-electron chi connectivity index (χ2n) is 3.88. The van der Waals surface area contributed by atoms with Crippen LogP contribution in [0, 0.1) is 13.8 Å². The molecular weight excluding hydrogens is 236 g/mol. The fourth-order valence-electron chi connectivity index (χ4n) is 1.69. The summed E-state index contributed by atoms with van der Waals surface area (Å²) >= 11 is 0. The molecule has 94 valence electrons. The van der Waals surface area contributed by atoms with Crippen LogP contribution in [0.5, 0.6) is 5.75 Å². The zero-order valence-electron chi connectivity index (χ0n) is 10.0. The molecule has 6 nitrogen and oxygen atoms in total. The van der Waals surface area contributed by atoms with Gasteiger partial charge < -0.3 is 14.4 Å². The molecule has 1 N–H and O–H groups in total. The smallest absolute Gasteiger partial charge is 0.335 e. The number of aryl methyl sites for hydroxylation is 2. The predicted molar refractivity (Wildman–Crippen MR) is 61.5 cm³/mol. The number of aromatic nitrogens is 2. The van der Waals surface area contributed by atoms with E-state index in [1.807, 2.05) is 0 Å². The summed E-state index contributed by atoms with van der Waals surface area (Å²) in [6.45, 7) is 3.78. The third-order valence-electron chi connectivity index (χ3n) is 2.46. The summed E-state index contributed by atoms with van der Waals surface area (Å²) in [5.41, 5.74) is 1.77. The van der Waals surface area contributed by atoms with Gasteiger partial charge in [0.1, 0.15) is 5.75 Å². The van der Waals surface area contributed by atoms with E-state index in [0.29, 0.717) is 11.6 Å². The minimum atomic E-state index is -0.953. The van der Waals surface area contributed by atoms with Gasteiger partial charge in [-0.2, -0.15) is 4.98 Å². The Hall–Kier alpha value is -2.37. The summed E-state index contributed by atoms with van der Waals surface area (Å²) in [6, 6.07) is 3.14. The Labute approximate surface area is 103 Å². The third kappa shape index (κ3) is 2.48. The molecule has 0 amide bonds. The van der Waals surface area contributed by atoms with E-state index in [4.69, 9.17) is 9.84 Å². The van der Waals surface area contributed by atoms with Gasteiger partial charge in [-0.3, -0.25) is 0 Å². The normalized spacial score (nSPS) is 10.3. The molecule has 0 aliphatic rings. The molecule has 0 atom stereocenters. The largest absolute Gasteiger partial charge is 0.485 e. The van der Waals surface area contributed by atoms with Gasteiger partial charge in [0.05, 0.1) is 5.56 Å². The number of hydrogen-bond donors (Lipinski definition) is 1. The molecule has 0 saturated carbocycles. The topological polar surface area (TPSA) is 85.5 Å². The summed E-state index contributed by atoms with van der Waals surface area (Å²) in [5, 5.41) is 12.6. The predicted octanol–water partition coefficient (Wildman–Crippen LogP) is 1.96. The Balaban J connectivity index is 2.20. The minimum absolute atomic E-state index is 0.185. The van der Waals surface area contributed by atoms with Gasteiger partial charge in [-0.1, -0.05) is 5.16 Å². The standard InChI is InChI=1S/C12H12N2O4/c1-7-3-9(12(15)16)4-8(2)11(7)17-5-10-13-6-18-14-10/h3-4,6H,5H2,1-2H3,(H,15,16). The molecule has 0 aliphatic heterocycles. The van der Waals surface area contributed by atoms with Gasteiger partial charge in [-0.25, -0.2) is 4.79 Å². The molecule has 2 rings (SSSR count). The third-order valence-corrected chi connectivity index (χ3v) is 2.46. The van der Waals surface area contributed by atoms with Gasteiger partial charge in [-0.15, -0.1) is 0 Å². The second kappa shape index (κ2) is 4.87. The zero-order chi connectivity index (χ0) is 13.1. The van der Waals surface area contributed by atoms with Crippen molar-refractivity contribution < 1.29 is 19.2 Å².